The highest BCUT2D eigenvalue weighted by atomic mass is 35.5. The van der Waals surface area contributed by atoms with Crippen molar-refractivity contribution in [2.45, 2.75) is 18.7 Å². The summed E-state index contributed by atoms with van der Waals surface area (Å²) in [4.78, 5) is -0.130. The number of sulfonamides is 1. The van der Waals surface area contributed by atoms with Crippen LogP contribution in [0.3, 0.4) is 0 Å². The minimum atomic E-state index is -3.72. The van der Waals surface area contributed by atoms with E-state index in [1.165, 1.54) is 4.31 Å². The van der Waals surface area contributed by atoms with E-state index < -0.39 is 15.8 Å². The first-order valence-electron chi connectivity index (χ1n) is 5.98. The zero-order valence-electron chi connectivity index (χ0n) is 10.7. The summed E-state index contributed by atoms with van der Waals surface area (Å²) in [6.45, 7) is 4.88. The monoisotopic (exact) mass is 306 g/mol. The molecule has 2 rings (SSSR count). The number of anilines is 1. The van der Waals surface area contributed by atoms with Crippen LogP contribution in [0.25, 0.3) is 0 Å². The second-order valence-electron chi connectivity index (χ2n) is 5.08. The molecule has 0 spiro atoms. The Bertz CT molecular complexity index is 596. The Morgan fingerprint density at radius 2 is 1.84 bits per heavy atom. The molecule has 0 radical (unpaired) electrons. The zero-order chi connectivity index (χ0) is 14.4. The maximum Gasteiger partial charge on any atom is 0.244 e. The van der Waals surface area contributed by atoms with Crippen molar-refractivity contribution in [1.82, 2.24) is 4.31 Å². The number of hydrogen-bond donors (Lipinski definition) is 1. The molecular formula is C12H16ClFN2O2S. The van der Waals surface area contributed by atoms with Crippen LogP contribution in [0.1, 0.15) is 13.8 Å². The van der Waals surface area contributed by atoms with Crippen LogP contribution in [0.4, 0.5) is 10.1 Å². The van der Waals surface area contributed by atoms with E-state index in [-0.39, 0.29) is 27.4 Å². The van der Waals surface area contributed by atoms with Crippen LogP contribution < -0.4 is 5.73 Å². The quantitative estimate of drug-likeness (QED) is 0.853. The van der Waals surface area contributed by atoms with E-state index in [0.717, 1.165) is 12.1 Å². The molecule has 106 valence electrons. The van der Waals surface area contributed by atoms with Crippen molar-refractivity contribution in [2.75, 3.05) is 18.8 Å². The second kappa shape index (κ2) is 4.92. The number of nitrogens with two attached hydrogens (primary N) is 1. The van der Waals surface area contributed by atoms with Gasteiger partial charge >= 0.3 is 0 Å². The lowest BCUT2D eigenvalue weighted by Gasteiger charge is -2.17. The first kappa shape index (κ1) is 14.6. The topological polar surface area (TPSA) is 63.4 Å². The number of nitrogen functional groups attached to an aromatic ring is 1. The van der Waals surface area contributed by atoms with Gasteiger partial charge in [-0.3, -0.25) is 0 Å². The first-order valence-corrected chi connectivity index (χ1v) is 7.80. The molecule has 1 aromatic rings. The van der Waals surface area contributed by atoms with Crippen molar-refractivity contribution in [1.29, 1.82) is 0 Å². The Balaban J connectivity index is 2.43. The van der Waals surface area contributed by atoms with Crippen molar-refractivity contribution in [3.8, 4) is 0 Å². The molecule has 1 saturated heterocycles. The largest absolute Gasteiger partial charge is 0.396 e. The van der Waals surface area contributed by atoms with E-state index in [2.05, 4.69) is 0 Å². The Kier molecular flexibility index (Phi) is 3.77. The summed E-state index contributed by atoms with van der Waals surface area (Å²) < 4.78 is 39.6. The number of rotatable bonds is 2. The van der Waals surface area contributed by atoms with E-state index in [0.29, 0.717) is 13.1 Å². The van der Waals surface area contributed by atoms with Crippen molar-refractivity contribution in [3.63, 3.8) is 0 Å². The van der Waals surface area contributed by atoms with Crippen LogP contribution in [-0.2, 0) is 10.0 Å². The van der Waals surface area contributed by atoms with Crippen LogP contribution in [0.5, 0.6) is 0 Å². The number of nitrogens with zero attached hydrogens (tertiary/aromatic N) is 1. The molecule has 2 N–H and O–H groups in total. The van der Waals surface area contributed by atoms with Gasteiger partial charge in [-0.1, -0.05) is 25.4 Å². The molecule has 1 aliphatic rings. The third-order valence-corrected chi connectivity index (χ3v) is 5.92. The maximum absolute atomic E-state index is 13.2. The molecule has 1 fully saturated rings. The fourth-order valence-corrected chi connectivity index (χ4v) is 4.32. The molecule has 0 amide bonds. The van der Waals surface area contributed by atoms with Crippen molar-refractivity contribution >= 4 is 27.3 Å². The number of hydrogen-bond acceptors (Lipinski definition) is 3. The molecule has 4 nitrogen and oxygen atoms in total. The lowest BCUT2D eigenvalue weighted by molar-refractivity contribution is 0.463. The minimum absolute atomic E-state index is 0.130. The third kappa shape index (κ3) is 2.57. The van der Waals surface area contributed by atoms with E-state index in [1.54, 1.807) is 0 Å². The molecule has 7 heteroatoms. The average Bonchev–Trinajstić information content (AvgIpc) is 2.65. The van der Waals surface area contributed by atoms with Gasteiger partial charge in [0.25, 0.3) is 0 Å². The first-order chi connectivity index (χ1) is 8.73. The Labute approximate surface area is 117 Å². The molecule has 19 heavy (non-hydrogen) atoms. The van der Waals surface area contributed by atoms with Gasteiger partial charge < -0.3 is 5.73 Å². The molecule has 2 atom stereocenters. The van der Waals surface area contributed by atoms with Crippen molar-refractivity contribution in [3.05, 3.63) is 23.0 Å². The number of halogens is 2. The Hall–Kier alpha value is -0.850. The van der Waals surface area contributed by atoms with Crippen molar-refractivity contribution < 1.29 is 12.8 Å². The predicted molar refractivity (Wildman–Crippen MR) is 72.9 cm³/mol. The van der Waals surface area contributed by atoms with Gasteiger partial charge in [-0.25, -0.2) is 12.8 Å². The normalized spacial score (nSPS) is 24.8. The SMILES string of the molecule is CC1CN(S(=O)(=O)c2cc(N)c(F)cc2Cl)CC1C. The van der Waals surface area contributed by atoms with E-state index in [9.17, 15) is 12.8 Å². The van der Waals surface area contributed by atoms with Crippen LogP contribution in [0.2, 0.25) is 5.02 Å². The van der Waals surface area contributed by atoms with Crippen LogP contribution >= 0.6 is 11.6 Å². The molecule has 1 aromatic carbocycles. The van der Waals surface area contributed by atoms with Gasteiger partial charge in [0.2, 0.25) is 10.0 Å². The Morgan fingerprint density at radius 3 is 2.37 bits per heavy atom. The highest BCUT2D eigenvalue weighted by Crippen LogP contribution is 2.33. The van der Waals surface area contributed by atoms with E-state index >= 15 is 0 Å². The van der Waals surface area contributed by atoms with E-state index in [4.69, 9.17) is 17.3 Å². The third-order valence-electron chi connectivity index (χ3n) is 3.62. The predicted octanol–water partition coefficient (Wildman–Crippen LogP) is 2.34. The maximum atomic E-state index is 13.2. The summed E-state index contributed by atoms with van der Waals surface area (Å²) in [6.07, 6.45) is 0. The molecule has 1 heterocycles. The smallest absolute Gasteiger partial charge is 0.244 e. The second-order valence-corrected chi connectivity index (χ2v) is 7.39. The molecule has 0 saturated carbocycles. The molecule has 0 aromatic heterocycles. The summed E-state index contributed by atoms with van der Waals surface area (Å²) in [7, 11) is -3.72. The summed E-state index contributed by atoms with van der Waals surface area (Å²) in [6, 6.07) is 2.02. The Morgan fingerprint density at radius 1 is 1.32 bits per heavy atom. The van der Waals surface area contributed by atoms with Crippen LogP contribution in [0.15, 0.2) is 17.0 Å². The fraction of sp³-hybridized carbons (Fsp3) is 0.500. The lowest BCUT2D eigenvalue weighted by atomic mass is 10.0. The summed E-state index contributed by atoms with van der Waals surface area (Å²) >= 11 is 5.84. The zero-order valence-corrected chi connectivity index (χ0v) is 12.3. The highest BCUT2D eigenvalue weighted by molar-refractivity contribution is 7.89. The van der Waals surface area contributed by atoms with Gasteiger partial charge in [0.15, 0.2) is 0 Å². The molecule has 0 aliphatic carbocycles. The highest BCUT2D eigenvalue weighted by Gasteiger charge is 2.36. The van der Waals surface area contributed by atoms with E-state index in [1.807, 2.05) is 13.8 Å². The molecule has 1 aliphatic heterocycles. The fourth-order valence-electron chi connectivity index (χ4n) is 2.15. The summed E-state index contributed by atoms with van der Waals surface area (Å²) in [5, 5.41) is -0.140. The lowest BCUT2D eigenvalue weighted by Crippen LogP contribution is -2.29. The van der Waals surface area contributed by atoms with Crippen LogP contribution in [0, 0.1) is 17.7 Å². The van der Waals surface area contributed by atoms with Crippen molar-refractivity contribution in [2.24, 2.45) is 11.8 Å². The minimum Gasteiger partial charge on any atom is -0.396 e. The summed E-state index contributed by atoms with van der Waals surface area (Å²) in [5.74, 6) is -0.148. The van der Waals surface area contributed by atoms with Gasteiger partial charge in [0.1, 0.15) is 10.7 Å². The van der Waals surface area contributed by atoms with Gasteiger partial charge in [-0.05, 0) is 24.0 Å². The molecule has 0 bridgehead atoms. The van der Waals surface area contributed by atoms with Gasteiger partial charge in [0, 0.05) is 13.1 Å². The molecule has 2 unspecified atom stereocenters. The number of benzene rings is 1. The van der Waals surface area contributed by atoms with Crippen LogP contribution in [-0.4, -0.2) is 25.8 Å². The van der Waals surface area contributed by atoms with Gasteiger partial charge in [-0.2, -0.15) is 4.31 Å². The standard InChI is InChI=1S/C12H16ClFN2O2S/c1-7-5-16(6-8(7)2)19(17,18)12-4-11(15)10(14)3-9(12)13/h3-4,7-8H,5-6,15H2,1-2H3. The molecular weight excluding hydrogens is 291 g/mol. The average molecular weight is 307 g/mol. The van der Waals surface area contributed by atoms with Gasteiger partial charge in [0.05, 0.1) is 10.7 Å². The summed E-state index contributed by atoms with van der Waals surface area (Å²) in [5.41, 5.74) is 5.20. The van der Waals surface area contributed by atoms with Gasteiger partial charge in [-0.15, -0.1) is 0 Å².